The van der Waals surface area contributed by atoms with Crippen LogP contribution in [0, 0.1) is 5.92 Å². The van der Waals surface area contributed by atoms with Crippen LogP contribution in [0.1, 0.15) is 69.4 Å². The molecule has 2 aromatic carbocycles. The highest BCUT2D eigenvalue weighted by Crippen LogP contribution is 2.44. The van der Waals surface area contributed by atoms with Crippen molar-refractivity contribution >= 4 is 18.0 Å². The maximum atomic E-state index is 13.1. The Bertz CT molecular complexity index is 1050. The summed E-state index contributed by atoms with van der Waals surface area (Å²) in [5.41, 5.74) is 4.08. The molecule has 2 aromatic rings. The Morgan fingerprint density at radius 1 is 1.06 bits per heavy atom. The van der Waals surface area contributed by atoms with Crippen LogP contribution >= 0.6 is 0 Å². The van der Waals surface area contributed by atoms with Gasteiger partial charge >= 0.3 is 12.1 Å². The van der Waals surface area contributed by atoms with Crippen molar-refractivity contribution in [1.29, 1.82) is 0 Å². The van der Waals surface area contributed by atoms with Crippen LogP contribution in [-0.2, 0) is 14.3 Å². The molecule has 0 bridgehead atoms. The fraction of sp³-hybridized carbons (Fsp3) is 0.464. The molecule has 3 atom stereocenters. The van der Waals surface area contributed by atoms with E-state index in [0.29, 0.717) is 5.92 Å². The summed E-state index contributed by atoms with van der Waals surface area (Å²) in [5.74, 6) is -1.18. The molecule has 7 nitrogen and oxygen atoms in total. The van der Waals surface area contributed by atoms with Gasteiger partial charge in [0.1, 0.15) is 12.6 Å². The number of carboxylic acids is 1. The van der Waals surface area contributed by atoms with Crippen LogP contribution in [0.4, 0.5) is 4.79 Å². The smallest absolute Gasteiger partial charge is 0.407 e. The van der Waals surface area contributed by atoms with Crippen LogP contribution in [0.15, 0.2) is 48.5 Å². The maximum absolute atomic E-state index is 13.1. The molecule has 1 saturated carbocycles. The van der Waals surface area contributed by atoms with E-state index < -0.39 is 18.1 Å². The van der Waals surface area contributed by atoms with E-state index in [4.69, 9.17) is 9.84 Å². The molecule has 3 N–H and O–H groups in total. The van der Waals surface area contributed by atoms with Gasteiger partial charge in [0.2, 0.25) is 5.91 Å². The summed E-state index contributed by atoms with van der Waals surface area (Å²) in [6, 6.07) is 15.1. The lowest BCUT2D eigenvalue weighted by atomic mass is 9.75. The zero-order valence-corrected chi connectivity index (χ0v) is 20.4. The number of rotatable bonds is 8. The molecule has 0 heterocycles. The molecule has 0 saturated heterocycles. The topological polar surface area (TPSA) is 105 Å². The number of fused-ring (bicyclic) bond motifs is 3. The van der Waals surface area contributed by atoms with E-state index in [2.05, 4.69) is 29.7 Å². The van der Waals surface area contributed by atoms with E-state index >= 15 is 0 Å². The molecule has 2 aliphatic rings. The standard InChI is InChI=1S/C28H34N2O5/c1-18-9-7-8-16-28(18,2)30-26(33)24(14-15-25(31)32)29-27(34)35-17-23-21-12-5-3-10-19(21)20-11-4-6-13-22(20)23/h3-6,10-13,18,23-24H,7-9,14-17H2,1-2H3,(H,29,34)(H,30,33)(H,31,32). The van der Waals surface area contributed by atoms with Gasteiger partial charge in [-0.25, -0.2) is 4.79 Å². The first-order valence-corrected chi connectivity index (χ1v) is 12.4. The highest BCUT2D eigenvalue weighted by atomic mass is 16.5. The number of carbonyl (C=O) groups is 3. The first kappa shape index (κ1) is 24.8. The molecule has 0 radical (unpaired) electrons. The largest absolute Gasteiger partial charge is 0.481 e. The van der Waals surface area contributed by atoms with Crippen LogP contribution in [0.2, 0.25) is 0 Å². The van der Waals surface area contributed by atoms with Gasteiger partial charge in [0.15, 0.2) is 0 Å². The van der Waals surface area contributed by atoms with E-state index in [-0.39, 0.29) is 36.8 Å². The van der Waals surface area contributed by atoms with Gasteiger partial charge in [-0.05, 0) is 54.4 Å². The highest BCUT2D eigenvalue weighted by molar-refractivity contribution is 5.87. The van der Waals surface area contributed by atoms with E-state index in [1.165, 1.54) is 0 Å². The van der Waals surface area contributed by atoms with Crippen LogP contribution in [0.3, 0.4) is 0 Å². The molecule has 4 rings (SSSR count). The molecule has 0 spiro atoms. The number of aliphatic carboxylic acids is 1. The Morgan fingerprint density at radius 2 is 1.69 bits per heavy atom. The number of nitrogens with one attached hydrogen (secondary N) is 2. The second kappa shape index (κ2) is 10.5. The predicted octanol–water partition coefficient (Wildman–Crippen LogP) is 4.84. The fourth-order valence-electron chi connectivity index (χ4n) is 5.38. The Morgan fingerprint density at radius 3 is 2.29 bits per heavy atom. The number of carboxylic acid groups (broad SMARTS) is 1. The average Bonchev–Trinajstić information content (AvgIpc) is 3.16. The maximum Gasteiger partial charge on any atom is 0.407 e. The fourth-order valence-corrected chi connectivity index (χ4v) is 5.38. The van der Waals surface area contributed by atoms with Crippen LogP contribution in [-0.4, -0.2) is 41.3 Å². The van der Waals surface area contributed by atoms with Gasteiger partial charge in [-0.3, -0.25) is 9.59 Å². The summed E-state index contributed by atoms with van der Waals surface area (Å²) in [4.78, 5) is 37.1. The molecule has 2 aliphatic carbocycles. The Kier molecular flexibility index (Phi) is 7.43. The molecule has 3 unspecified atom stereocenters. The minimum absolute atomic E-state index is 0.00414. The molecule has 1 fully saturated rings. The van der Waals surface area contributed by atoms with Crippen molar-refractivity contribution in [1.82, 2.24) is 10.6 Å². The minimum Gasteiger partial charge on any atom is -0.481 e. The Labute approximate surface area is 206 Å². The van der Waals surface area contributed by atoms with Crippen LogP contribution < -0.4 is 10.6 Å². The van der Waals surface area contributed by atoms with Gasteiger partial charge in [0.25, 0.3) is 0 Å². The van der Waals surface area contributed by atoms with E-state index in [0.717, 1.165) is 47.9 Å². The van der Waals surface area contributed by atoms with Crippen molar-refractivity contribution in [2.24, 2.45) is 5.92 Å². The summed E-state index contributed by atoms with van der Waals surface area (Å²) >= 11 is 0. The SMILES string of the molecule is CC1CCCCC1(C)NC(=O)C(CCC(=O)O)NC(=O)OCC1c2ccccc2-c2ccccc21. The number of benzene rings is 2. The van der Waals surface area contributed by atoms with Gasteiger partial charge in [-0.2, -0.15) is 0 Å². The van der Waals surface area contributed by atoms with Gasteiger partial charge in [-0.1, -0.05) is 68.3 Å². The molecule has 7 heteroatoms. The third-order valence-electron chi connectivity index (χ3n) is 7.68. The highest BCUT2D eigenvalue weighted by Gasteiger charge is 2.37. The van der Waals surface area contributed by atoms with Crippen molar-refractivity contribution in [2.75, 3.05) is 6.61 Å². The lowest BCUT2D eigenvalue weighted by Crippen LogP contribution is -2.57. The van der Waals surface area contributed by atoms with E-state index in [1.807, 2.05) is 43.3 Å². The van der Waals surface area contributed by atoms with Crippen molar-refractivity contribution < 1.29 is 24.2 Å². The van der Waals surface area contributed by atoms with Gasteiger partial charge < -0.3 is 20.5 Å². The average molecular weight is 479 g/mol. The molecule has 35 heavy (non-hydrogen) atoms. The van der Waals surface area contributed by atoms with Gasteiger partial charge in [0, 0.05) is 17.9 Å². The molecule has 0 aliphatic heterocycles. The predicted molar refractivity (Wildman–Crippen MR) is 133 cm³/mol. The first-order chi connectivity index (χ1) is 16.8. The summed E-state index contributed by atoms with van der Waals surface area (Å²) in [5, 5.41) is 14.9. The monoisotopic (exact) mass is 478 g/mol. The Balaban J connectivity index is 1.42. The third-order valence-corrected chi connectivity index (χ3v) is 7.68. The number of carbonyl (C=O) groups excluding carboxylic acids is 2. The van der Waals surface area contributed by atoms with Crippen molar-refractivity contribution in [3.05, 3.63) is 59.7 Å². The van der Waals surface area contributed by atoms with E-state index in [1.54, 1.807) is 0 Å². The number of alkyl carbamates (subject to hydrolysis) is 1. The van der Waals surface area contributed by atoms with Crippen molar-refractivity contribution in [3.8, 4) is 11.1 Å². The summed E-state index contributed by atoms with van der Waals surface area (Å²) in [7, 11) is 0. The lowest BCUT2D eigenvalue weighted by Gasteiger charge is -2.41. The number of ether oxygens (including phenoxy) is 1. The zero-order valence-electron chi connectivity index (χ0n) is 20.4. The molecule has 186 valence electrons. The minimum atomic E-state index is -1.02. The summed E-state index contributed by atoms with van der Waals surface area (Å²) in [6.07, 6.45) is 3.09. The number of hydrogen-bond donors (Lipinski definition) is 3. The zero-order chi connectivity index (χ0) is 25.0. The van der Waals surface area contributed by atoms with Crippen molar-refractivity contribution in [3.63, 3.8) is 0 Å². The van der Waals surface area contributed by atoms with E-state index in [9.17, 15) is 14.4 Å². The second-order valence-electron chi connectivity index (χ2n) is 10.0. The summed E-state index contributed by atoms with van der Waals surface area (Å²) < 4.78 is 5.59. The first-order valence-electron chi connectivity index (χ1n) is 12.4. The Hall–Kier alpha value is -3.35. The molecule has 2 amide bonds. The second-order valence-corrected chi connectivity index (χ2v) is 10.0. The van der Waals surface area contributed by atoms with Gasteiger partial charge in [0.05, 0.1) is 0 Å². The lowest BCUT2D eigenvalue weighted by molar-refractivity contribution is -0.137. The van der Waals surface area contributed by atoms with Crippen LogP contribution in [0.25, 0.3) is 11.1 Å². The van der Waals surface area contributed by atoms with Gasteiger partial charge in [-0.15, -0.1) is 0 Å². The molecular weight excluding hydrogens is 444 g/mol. The normalized spacial score (nSPS) is 21.9. The van der Waals surface area contributed by atoms with Crippen LogP contribution in [0.5, 0.6) is 0 Å². The summed E-state index contributed by atoms with van der Waals surface area (Å²) in [6.45, 7) is 4.27. The third kappa shape index (κ3) is 5.50. The number of hydrogen-bond acceptors (Lipinski definition) is 4. The molecule has 0 aromatic heterocycles. The molecular formula is C28H34N2O5. The quantitative estimate of drug-likeness (QED) is 0.503. The van der Waals surface area contributed by atoms with Crippen molar-refractivity contribution in [2.45, 2.75) is 69.9 Å². The number of amides is 2.